The van der Waals surface area contributed by atoms with Gasteiger partial charge >= 0.3 is 5.97 Å². The third-order valence-electron chi connectivity index (χ3n) is 6.02. The van der Waals surface area contributed by atoms with Gasteiger partial charge in [-0.2, -0.15) is 0 Å². The van der Waals surface area contributed by atoms with Crippen molar-refractivity contribution < 1.29 is 18.7 Å². The number of hydrogen-bond acceptors (Lipinski definition) is 4. The first-order chi connectivity index (χ1) is 12.4. The minimum absolute atomic E-state index is 0.248. The van der Waals surface area contributed by atoms with Crippen LogP contribution in [0.1, 0.15) is 19.3 Å². The smallest absolute Gasteiger partial charge is 0.344 e. The van der Waals surface area contributed by atoms with Gasteiger partial charge in [0, 0.05) is 17.3 Å². The summed E-state index contributed by atoms with van der Waals surface area (Å²) in [6.45, 7) is 0.0537. The van der Waals surface area contributed by atoms with Crippen molar-refractivity contribution in [1.29, 1.82) is 0 Å². The number of carboxylic acid groups (broad SMARTS) is 1. The van der Waals surface area contributed by atoms with Crippen LogP contribution in [-0.2, 0) is 4.79 Å². The maximum atomic E-state index is 15.4. The number of hydrogen-bond donors (Lipinski definition) is 2. The summed E-state index contributed by atoms with van der Waals surface area (Å²) in [4.78, 5) is 25.0. The van der Waals surface area contributed by atoms with Gasteiger partial charge in [-0.3, -0.25) is 0 Å². The Bertz CT molecular complexity index is 1060. The highest BCUT2D eigenvalue weighted by Crippen LogP contribution is 2.56. The maximum absolute atomic E-state index is 15.4. The minimum Gasteiger partial charge on any atom is -0.479 e. The molecule has 0 amide bonds. The third-order valence-corrected chi connectivity index (χ3v) is 6.02. The van der Waals surface area contributed by atoms with Crippen molar-refractivity contribution in [2.75, 3.05) is 18.0 Å². The highest BCUT2D eigenvalue weighted by Gasteiger charge is 2.66. The summed E-state index contributed by atoms with van der Waals surface area (Å²) in [6, 6.07) is 4.35. The average Bonchev–Trinajstić information content (AvgIpc) is 3.09. The number of aromatic nitrogens is 3. The number of H-pyrrole nitrogens is 1. The van der Waals surface area contributed by atoms with Crippen LogP contribution < -0.4 is 4.90 Å². The van der Waals surface area contributed by atoms with Crippen molar-refractivity contribution in [3.8, 4) is 0 Å². The number of nitrogens with zero attached hydrogens (tertiary/aromatic N) is 3. The number of fused-ring (bicyclic) bond motifs is 3. The zero-order valence-corrected chi connectivity index (χ0v) is 13.8. The summed E-state index contributed by atoms with van der Waals surface area (Å²) in [5, 5.41) is 10.9. The largest absolute Gasteiger partial charge is 0.479 e. The molecule has 134 valence electrons. The summed E-state index contributed by atoms with van der Waals surface area (Å²) in [7, 11) is 0. The van der Waals surface area contributed by atoms with E-state index in [0.29, 0.717) is 41.8 Å². The van der Waals surface area contributed by atoms with Crippen LogP contribution in [0.3, 0.4) is 0 Å². The molecule has 2 aliphatic rings. The van der Waals surface area contributed by atoms with E-state index < -0.39 is 17.1 Å². The van der Waals surface area contributed by atoms with Crippen molar-refractivity contribution in [2.45, 2.75) is 24.9 Å². The molecule has 8 heteroatoms. The number of aromatic amines is 1. The van der Waals surface area contributed by atoms with Crippen molar-refractivity contribution >= 4 is 33.7 Å². The molecule has 0 bridgehead atoms. The number of aliphatic carboxylic acids is 1. The van der Waals surface area contributed by atoms with E-state index in [9.17, 15) is 14.3 Å². The Morgan fingerprint density at radius 2 is 2.08 bits per heavy atom. The van der Waals surface area contributed by atoms with Gasteiger partial charge in [0.1, 0.15) is 23.6 Å². The molecule has 26 heavy (non-hydrogen) atoms. The predicted molar refractivity (Wildman–Crippen MR) is 91.3 cm³/mol. The SMILES string of the molecule is O=C(O)[C@]1(F)CN(c2ncnc3[nH]c4cc(F)ccc4c23)CC12CCC2. The Labute approximate surface area is 146 Å². The van der Waals surface area contributed by atoms with E-state index in [4.69, 9.17) is 0 Å². The number of halogens is 2. The van der Waals surface area contributed by atoms with Gasteiger partial charge in [0.15, 0.2) is 0 Å². The van der Waals surface area contributed by atoms with E-state index in [2.05, 4.69) is 15.0 Å². The van der Waals surface area contributed by atoms with Crippen LogP contribution in [0.5, 0.6) is 0 Å². The Hall–Kier alpha value is -2.77. The van der Waals surface area contributed by atoms with Gasteiger partial charge in [-0.25, -0.2) is 23.5 Å². The molecule has 1 saturated carbocycles. The molecule has 0 radical (unpaired) electrons. The third kappa shape index (κ3) is 1.81. The summed E-state index contributed by atoms with van der Waals surface area (Å²) in [5.41, 5.74) is -2.07. The van der Waals surface area contributed by atoms with E-state index in [-0.39, 0.29) is 12.4 Å². The molecule has 1 aliphatic carbocycles. The van der Waals surface area contributed by atoms with Crippen molar-refractivity contribution in [1.82, 2.24) is 15.0 Å². The van der Waals surface area contributed by atoms with Crippen molar-refractivity contribution in [3.63, 3.8) is 0 Å². The fraction of sp³-hybridized carbons (Fsp3) is 0.389. The first-order valence-corrected chi connectivity index (χ1v) is 8.53. The van der Waals surface area contributed by atoms with E-state index in [1.807, 2.05) is 0 Å². The lowest BCUT2D eigenvalue weighted by Gasteiger charge is -2.43. The fourth-order valence-corrected chi connectivity index (χ4v) is 4.50. The number of benzene rings is 1. The number of carboxylic acids is 1. The molecule has 1 saturated heterocycles. The van der Waals surface area contributed by atoms with Gasteiger partial charge in [0.2, 0.25) is 5.67 Å². The number of alkyl halides is 1. The summed E-state index contributed by atoms with van der Waals surface area (Å²) < 4.78 is 29.0. The van der Waals surface area contributed by atoms with Crippen LogP contribution in [0, 0.1) is 11.2 Å². The first-order valence-electron chi connectivity index (χ1n) is 8.53. The summed E-state index contributed by atoms with van der Waals surface area (Å²) >= 11 is 0. The van der Waals surface area contributed by atoms with Crippen LogP contribution in [0.4, 0.5) is 14.6 Å². The van der Waals surface area contributed by atoms with E-state index in [0.717, 1.165) is 11.8 Å². The quantitative estimate of drug-likeness (QED) is 0.736. The van der Waals surface area contributed by atoms with Crippen LogP contribution in [0.15, 0.2) is 24.5 Å². The molecule has 3 aromatic rings. The van der Waals surface area contributed by atoms with E-state index >= 15 is 4.39 Å². The molecule has 3 heterocycles. The molecular formula is C18H16F2N4O2. The normalized spacial score (nSPS) is 24.5. The maximum Gasteiger partial charge on any atom is 0.344 e. The van der Waals surface area contributed by atoms with Gasteiger partial charge < -0.3 is 15.0 Å². The van der Waals surface area contributed by atoms with Gasteiger partial charge in [-0.05, 0) is 31.0 Å². The van der Waals surface area contributed by atoms with Crippen molar-refractivity contribution in [2.24, 2.45) is 5.41 Å². The van der Waals surface area contributed by atoms with Crippen LogP contribution >= 0.6 is 0 Å². The predicted octanol–water partition coefficient (Wildman–Crippen LogP) is 3.03. The second-order valence-corrected chi connectivity index (χ2v) is 7.33. The Morgan fingerprint density at radius 3 is 2.73 bits per heavy atom. The average molecular weight is 358 g/mol. The molecular weight excluding hydrogens is 342 g/mol. The number of nitrogens with one attached hydrogen (secondary N) is 1. The number of rotatable bonds is 2. The molecule has 2 fully saturated rings. The lowest BCUT2D eigenvalue weighted by atomic mass is 9.61. The van der Waals surface area contributed by atoms with Crippen LogP contribution in [0.25, 0.3) is 21.9 Å². The Morgan fingerprint density at radius 1 is 1.27 bits per heavy atom. The minimum atomic E-state index is -2.29. The molecule has 1 aliphatic heterocycles. The number of anilines is 1. The second-order valence-electron chi connectivity index (χ2n) is 7.33. The van der Waals surface area contributed by atoms with E-state index in [1.165, 1.54) is 18.5 Å². The molecule has 1 atom stereocenters. The first kappa shape index (κ1) is 15.5. The standard InChI is InChI=1S/C18H16F2N4O2/c19-10-2-3-11-12(6-10)23-14-13(11)15(22-9-21-14)24-7-17(4-1-5-17)18(20,8-24)16(25)26/h2-3,6,9H,1,4-5,7-8H2,(H,25,26)(H,21,22,23)/t18-/m1/s1. The molecule has 2 N–H and O–H groups in total. The van der Waals surface area contributed by atoms with Gasteiger partial charge in [-0.1, -0.05) is 6.42 Å². The highest BCUT2D eigenvalue weighted by molar-refractivity contribution is 6.11. The van der Waals surface area contributed by atoms with Gasteiger partial charge in [0.05, 0.1) is 17.4 Å². The van der Waals surface area contributed by atoms with E-state index in [1.54, 1.807) is 11.0 Å². The molecule has 1 aromatic carbocycles. The second kappa shape index (κ2) is 4.90. The molecule has 6 nitrogen and oxygen atoms in total. The number of carbonyl (C=O) groups is 1. The molecule has 0 unspecified atom stereocenters. The molecule has 5 rings (SSSR count). The topological polar surface area (TPSA) is 82.1 Å². The lowest BCUT2D eigenvalue weighted by molar-refractivity contribution is -0.162. The van der Waals surface area contributed by atoms with Gasteiger partial charge in [0.25, 0.3) is 0 Å². The monoisotopic (exact) mass is 358 g/mol. The van der Waals surface area contributed by atoms with Gasteiger partial charge in [-0.15, -0.1) is 0 Å². The Balaban J connectivity index is 1.68. The van der Waals surface area contributed by atoms with Crippen molar-refractivity contribution in [3.05, 3.63) is 30.3 Å². The summed E-state index contributed by atoms with van der Waals surface area (Å²) in [6.07, 6.45) is 3.30. The molecule has 2 aromatic heterocycles. The fourth-order valence-electron chi connectivity index (χ4n) is 4.50. The van der Waals surface area contributed by atoms with Crippen LogP contribution in [0.2, 0.25) is 0 Å². The van der Waals surface area contributed by atoms with Crippen LogP contribution in [-0.4, -0.2) is 44.8 Å². The zero-order valence-electron chi connectivity index (χ0n) is 13.8. The summed E-state index contributed by atoms with van der Waals surface area (Å²) in [5.74, 6) is -1.30. The zero-order chi connectivity index (χ0) is 18.1. The Kier molecular flexibility index (Phi) is 2.92. The highest BCUT2D eigenvalue weighted by atomic mass is 19.1. The molecule has 1 spiro atoms. The lowest BCUT2D eigenvalue weighted by Crippen LogP contribution is -2.53.